The molecule has 0 spiro atoms. The van der Waals surface area contributed by atoms with Gasteiger partial charge in [0.05, 0.1) is 12.7 Å². The van der Waals surface area contributed by atoms with Gasteiger partial charge in [-0.25, -0.2) is 4.98 Å². The Labute approximate surface area is 182 Å². The highest BCUT2D eigenvalue weighted by Gasteiger charge is 2.34. The fourth-order valence-corrected chi connectivity index (χ4v) is 5.65. The molecule has 0 atom stereocenters. The predicted octanol–water partition coefficient (Wildman–Crippen LogP) is 1.30. The molecule has 31 heavy (non-hydrogen) atoms. The summed E-state index contributed by atoms with van der Waals surface area (Å²) in [5.41, 5.74) is 8.65. The minimum Gasteiger partial charge on any atom is -0.497 e. The SMILES string of the molecule is COc1cccc(CNC(=O)c2cc3c(nc2N)CCN(S(=O)(=O)N2CCCC2)C3)c1. The summed E-state index contributed by atoms with van der Waals surface area (Å²) in [7, 11) is -1.92. The van der Waals surface area contributed by atoms with Crippen molar-refractivity contribution in [3.63, 3.8) is 0 Å². The summed E-state index contributed by atoms with van der Waals surface area (Å²) in [6.45, 7) is 1.98. The van der Waals surface area contributed by atoms with Crippen molar-refractivity contribution in [1.29, 1.82) is 0 Å². The van der Waals surface area contributed by atoms with Gasteiger partial charge in [0.1, 0.15) is 11.6 Å². The number of rotatable bonds is 6. The maximum atomic E-state index is 12.9. The lowest BCUT2D eigenvalue weighted by Gasteiger charge is -2.31. The van der Waals surface area contributed by atoms with Gasteiger partial charge >= 0.3 is 0 Å². The number of nitrogens with zero attached hydrogens (tertiary/aromatic N) is 3. The number of carbonyl (C=O) groups is 1. The summed E-state index contributed by atoms with van der Waals surface area (Å²) in [5.74, 6) is 0.508. The summed E-state index contributed by atoms with van der Waals surface area (Å²) in [6, 6.07) is 9.08. The van der Waals surface area contributed by atoms with Crippen LogP contribution in [0.2, 0.25) is 0 Å². The van der Waals surface area contributed by atoms with Gasteiger partial charge in [0.2, 0.25) is 0 Å². The number of aromatic nitrogens is 1. The van der Waals surface area contributed by atoms with E-state index in [2.05, 4.69) is 10.3 Å². The number of methoxy groups -OCH3 is 1. The van der Waals surface area contributed by atoms with Gasteiger partial charge in [-0.3, -0.25) is 4.79 Å². The average molecular weight is 446 g/mol. The van der Waals surface area contributed by atoms with Crippen molar-refractivity contribution in [2.24, 2.45) is 0 Å². The number of fused-ring (bicyclic) bond motifs is 1. The van der Waals surface area contributed by atoms with E-state index in [1.54, 1.807) is 13.2 Å². The van der Waals surface area contributed by atoms with Crippen molar-refractivity contribution >= 4 is 21.9 Å². The maximum Gasteiger partial charge on any atom is 0.282 e. The largest absolute Gasteiger partial charge is 0.497 e. The first-order valence-corrected chi connectivity index (χ1v) is 11.7. The van der Waals surface area contributed by atoms with Crippen molar-refractivity contribution < 1.29 is 17.9 Å². The van der Waals surface area contributed by atoms with Crippen LogP contribution < -0.4 is 15.8 Å². The Balaban J connectivity index is 1.49. The van der Waals surface area contributed by atoms with Crippen LogP contribution in [0.4, 0.5) is 5.82 Å². The van der Waals surface area contributed by atoms with Gasteiger partial charge in [0, 0.05) is 44.8 Å². The summed E-state index contributed by atoms with van der Waals surface area (Å²) in [4.78, 5) is 17.2. The molecule has 2 aromatic rings. The fraction of sp³-hybridized carbons (Fsp3) is 0.429. The molecule has 1 saturated heterocycles. The molecule has 1 aromatic carbocycles. The van der Waals surface area contributed by atoms with Crippen molar-refractivity contribution in [3.8, 4) is 5.75 Å². The molecular weight excluding hydrogens is 418 g/mol. The van der Waals surface area contributed by atoms with Crippen LogP contribution in [0.25, 0.3) is 0 Å². The summed E-state index contributed by atoms with van der Waals surface area (Å²) < 4.78 is 34.0. The molecule has 0 aliphatic carbocycles. The summed E-state index contributed by atoms with van der Waals surface area (Å²) >= 11 is 0. The number of hydrogen-bond donors (Lipinski definition) is 2. The van der Waals surface area contributed by atoms with E-state index >= 15 is 0 Å². The number of carbonyl (C=O) groups excluding carboxylic acids is 1. The summed E-state index contributed by atoms with van der Waals surface area (Å²) in [6.07, 6.45) is 2.25. The highest BCUT2D eigenvalue weighted by molar-refractivity contribution is 7.86. The molecule has 1 amide bonds. The van der Waals surface area contributed by atoms with Gasteiger partial charge in [-0.15, -0.1) is 0 Å². The second kappa shape index (κ2) is 8.81. The maximum absolute atomic E-state index is 12.9. The van der Waals surface area contributed by atoms with Crippen LogP contribution in [-0.2, 0) is 29.7 Å². The first kappa shape index (κ1) is 21.5. The van der Waals surface area contributed by atoms with E-state index in [1.165, 1.54) is 8.61 Å². The number of benzene rings is 1. The molecule has 0 saturated carbocycles. The molecule has 3 heterocycles. The molecule has 1 fully saturated rings. The monoisotopic (exact) mass is 445 g/mol. The Morgan fingerprint density at radius 2 is 1.97 bits per heavy atom. The molecule has 2 aliphatic heterocycles. The van der Waals surface area contributed by atoms with Gasteiger partial charge in [0.25, 0.3) is 16.1 Å². The lowest BCUT2D eigenvalue weighted by Crippen LogP contribution is -2.45. The third-order valence-electron chi connectivity index (χ3n) is 5.71. The molecule has 0 bridgehead atoms. The molecule has 4 rings (SSSR count). The molecule has 2 aliphatic rings. The number of nitrogens with two attached hydrogens (primary N) is 1. The average Bonchev–Trinajstić information content (AvgIpc) is 3.33. The number of pyridine rings is 1. The van der Waals surface area contributed by atoms with Gasteiger partial charge in [0.15, 0.2) is 0 Å². The van der Waals surface area contributed by atoms with Crippen LogP contribution in [-0.4, -0.2) is 54.7 Å². The number of ether oxygens (including phenoxy) is 1. The van der Waals surface area contributed by atoms with E-state index in [-0.39, 0.29) is 23.8 Å². The third-order valence-corrected chi connectivity index (χ3v) is 7.70. The Hall–Kier alpha value is -2.69. The van der Waals surface area contributed by atoms with Crippen molar-refractivity contribution in [2.45, 2.75) is 32.4 Å². The number of amides is 1. The van der Waals surface area contributed by atoms with E-state index in [9.17, 15) is 13.2 Å². The second-order valence-corrected chi connectivity index (χ2v) is 9.69. The fourth-order valence-electron chi connectivity index (χ4n) is 3.98. The van der Waals surface area contributed by atoms with Crippen LogP contribution in [0.5, 0.6) is 5.75 Å². The zero-order valence-electron chi connectivity index (χ0n) is 17.5. The van der Waals surface area contributed by atoms with E-state index in [0.717, 1.165) is 29.7 Å². The van der Waals surface area contributed by atoms with E-state index < -0.39 is 10.2 Å². The zero-order chi connectivity index (χ0) is 22.0. The third kappa shape index (κ3) is 4.51. The Kier molecular flexibility index (Phi) is 6.12. The minimum absolute atomic E-state index is 0.151. The van der Waals surface area contributed by atoms with E-state index in [0.29, 0.717) is 38.3 Å². The molecule has 3 N–H and O–H groups in total. The zero-order valence-corrected chi connectivity index (χ0v) is 18.3. The molecule has 9 nitrogen and oxygen atoms in total. The van der Waals surface area contributed by atoms with Crippen molar-refractivity contribution in [1.82, 2.24) is 18.9 Å². The van der Waals surface area contributed by atoms with Crippen LogP contribution >= 0.6 is 0 Å². The van der Waals surface area contributed by atoms with E-state index in [4.69, 9.17) is 10.5 Å². The highest BCUT2D eigenvalue weighted by Crippen LogP contribution is 2.26. The molecule has 166 valence electrons. The lowest BCUT2D eigenvalue weighted by molar-refractivity contribution is 0.0951. The molecule has 0 radical (unpaired) electrons. The van der Waals surface area contributed by atoms with Crippen LogP contribution in [0.1, 0.15) is 40.0 Å². The van der Waals surface area contributed by atoms with Crippen LogP contribution in [0, 0.1) is 0 Å². The van der Waals surface area contributed by atoms with Gasteiger partial charge < -0.3 is 15.8 Å². The Bertz CT molecular complexity index is 1080. The quantitative estimate of drug-likeness (QED) is 0.692. The number of hydrogen-bond acceptors (Lipinski definition) is 6. The topological polar surface area (TPSA) is 118 Å². The number of nitrogens with one attached hydrogen (secondary N) is 1. The number of anilines is 1. The van der Waals surface area contributed by atoms with Crippen molar-refractivity contribution in [2.75, 3.05) is 32.5 Å². The predicted molar refractivity (Wildman–Crippen MR) is 117 cm³/mol. The highest BCUT2D eigenvalue weighted by atomic mass is 32.2. The Morgan fingerprint density at radius 1 is 1.19 bits per heavy atom. The van der Waals surface area contributed by atoms with Gasteiger partial charge in [-0.2, -0.15) is 17.0 Å². The molecular formula is C21H27N5O4S. The van der Waals surface area contributed by atoms with Gasteiger partial charge in [-0.1, -0.05) is 12.1 Å². The standard InChI is InChI=1S/C21H27N5O4S/c1-30-17-6-4-5-15(11-17)13-23-21(27)18-12-16-14-26(10-7-19(16)24-20(18)22)31(28,29)25-8-2-3-9-25/h4-6,11-12H,2-3,7-10,13-14H2,1H3,(H2,22,24)(H,23,27). The lowest BCUT2D eigenvalue weighted by atomic mass is 10.0. The second-order valence-electron chi connectivity index (χ2n) is 7.76. The van der Waals surface area contributed by atoms with Crippen LogP contribution in [0.3, 0.4) is 0 Å². The Morgan fingerprint density at radius 3 is 2.71 bits per heavy atom. The smallest absolute Gasteiger partial charge is 0.282 e. The summed E-state index contributed by atoms with van der Waals surface area (Å²) in [5, 5.41) is 2.85. The van der Waals surface area contributed by atoms with Crippen molar-refractivity contribution in [3.05, 3.63) is 52.7 Å². The first-order valence-electron chi connectivity index (χ1n) is 10.3. The minimum atomic E-state index is -3.51. The normalized spacial score (nSPS) is 17.3. The van der Waals surface area contributed by atoms with Gasteiger partial charge in [-0.05, 0) is 42.2 Å². The first-order chi connectivity index (χ1) is 14.9. The molecule has 0 unspecified atom stereocenters. The molecule has 1 aromatic heterocycles. The molecule has 10 heteroatoms. The van der Waals surface area contributed by atoms with Crippen LogP contribution in [0.15, 0.2) is 30.3 Å². The van der Waals surface area contributed by atoms with E-state index in [1.807, 2.05) is 24.3 Å². The number of nitrogen functional groups attached to an aromatic ring is 1.